The third-order valence-corrected chi connectivity index (χ3v) is 4.12. The molecule has 0 bridgehead atoms. The summed E-state index contributed by atoms with van der Waals surface area (Å²) in [6, 6.07) is 15.5. The first-order valence-corrected chi connectivity index (χ1v) is 7.95. The summed E-state index contributed by atoms with van der Waals surface area (Å²) in [7, 11) is -1.72. The van der Waals surface area contributed by atoms with Crippen LogP contribution in [0, 0.1) is 11.3 Å². The van der Waals surface area contributed by atoms with E-state index in [0.717, 1.165) is 5.69 Å². The van der Waals surface area contributed by atoms with Crippen LogP contribution in [0.1, 0.15) is 11.1 Å². The summed E-state index contributed by atoms with van der Waals surface area (Å²) in [5.74, 6) is -0.170. The van der Waals surface area contributed by atoms with Gasteiger partial charge < -0.3 is 5.32 Å². The number of sulfonamides is 1. The Bertz CT molecular complexity index is 762. The molecule has 2 rings (SSSR count). The molecule has 0 fully saturated rings. The molecule has 0 saturated carbocycles. The van der Waals surface area contributed by atoms with Crippen LogP contribution in [0.3, 0.4) is 0 Å². The lowest BCUT2D eigenvalue weighted by atomic mass is 10.2. The van der Waals surface area contributed by atoms with Gasteiger partial charge in [0.05, 0.1) is 17.4 Å². The largest absolute Gasteiger partial charge is 0.388 e. The number of nitrogens with zero attached hydrogens (tertiary/aromatic N) is 1. The summed E-state index contributed by atoms with van der Waals surface area (Å²) in [6.07, 6.45) is 0. The molecule has 0 spiro atoms. The molecule has 0 aliphatic heterocycles. The molecule has 0 amide bonds. The number of anilines is 2. The van der Waals surface area contributed by atoms with E-state index in [1.54, 1.807) is 55.6 Å². The zero-order valence-electron chi connectivity index (χ0n) is 11.5. The molecule has 0 aliphatic carbocycles. The topological polar surface area (TPSA) is 82.0 Å². The fourth-order valence-electron chi connectivity index (χ4n) is 1.87. The molecule has 0 aliphatic rings. The van der Waals surface area contributed by atoms with Crippen molar-refractivity contribution < 1.29 is 8.42 Å². The molecule has 2 aromatic carbocycles. The summed E-state index contributed by atoms with van der Waals surface area (Å²) in [5.41, 5.74) is 2.43. The van der Waals surface area contributed by atoms with E-state index in [1.165, 1.54) is 0 Å². The second-order valence-corrected chi connectivity index (χ2v) is 6.22. The number of rotatable bonds is 5. The van der Waals surface area contributed by atoms with Gasteiger partial charge >= 0.3 is 0 Å². The number of hydrogen-bond acceptors (Lipinski definition) is 4. The fourth-order valence-corrected chi connectivity index (χ4v) is 3.06. The van der Waals surface area contributed by atoms with Crippen molar-refractivity contribution in [2.45, 2.75) is 5.75 Å². The molecular formula is C15H15N3O2S. The predicted octanol–water partition coefficient (Wildman–Crippen LogP) is 2.54. The Morgan fingerprint density at radius 2 is 1.76 bits per heavy atom. The molecule has 2 N–H and O–H groups in total. The monoisotopic (exact) mass is 301 g/mol. The number of nitriles is 1. The van der Waals surface area contributed by atoms with Crippen molar-refractivity contribution in [3.8, 4) is 6.07 Å². The summed E-state index contributed by atoms with van der Waals surface area (Å²) < 4.78 is 26.7. The first-order valence-electron chi connectivity index (χ1n) is 6.30. The second-order valence-electron chi connectivity index (χ2n) is 4.50. The molecule has 108 valence electrons. The third-order valence-electron chi connectivity index (χ3n) is 2.86. The van der Waals surface area contributed by atoms with E-state index in [1.807, 2.05) is 6.07 Å². The highest BCUT2D eigenvalue weighted by molar-refractivity contribution is 7.91. The van der Waals surface area contributed by atoms with Gasteiger partial charge in [0, 0.05) is 18.4 Å². The third kappa shape index (κ3) is 4.23. The minimum absolute atomic E-state index is 0.170. The Morgan fingerprint density at radius 1 is 1.10 bits per heavy atom. The van der Waals surface area contributed by atoms with Crippen LogP contribution in [0.4, 0.5) is 11.4 Å². The van der Waals surface area contributed by atoms with E-state index < -0.39 is 10.0 Å². The Labute approximate surface area is 124 Å². The van der Waals surface area contributed by atoms with Gasteiger partial charge in [0.2, 0.25) is 10.0 Å². The number of nitrogens with one attached hydrogen (secondary N) is 2. The van der Waals surface area contributed by atoms with Crippen LogP contribution in [0.25, 0.3) is 0 Å². The summed E-state index contributed by atoms with van der Waals surface area (Å²) in [4.78, 5) is 0. The zero-order chi connectivity index (χ0) is 15.3. The van der Waals surface area contributed by atoms with Crippen molar-refractivity contribution in [3.63, 3.8) is 0 Å². The normalized spacial score (nSPS) is 10.7. The Morgan fingerprint density at radius 3 is 2.38 bits per heavy atom. The molecule has 6 heteroatoms. The molecule has 21 heavy (non-hydrogen) atoms. The van der Waals surface area contributed by atoms with E-state index in [4.69, 9.17) is 5.26 Å². The average Bonchev–Trinajstić information content (AvgIpc) is 2.47. The summed E-state index contributed by atoms with van der Waals surface area (Å²) in [5, 5.41) is 11.8. The van der Waals surface area contributed by atoms with E-state index in [9.17, 15) is 8.42 Å². The van der Waals surface area contributed by atoms with Crippen LogP contribution < -0.4 is 10.0 Å². The van der Waals surface area contributed by atoms with Crippen LogP contribution in [0.15, 0.2) is 48.5 Å². The molecular weight excluding hydrogens is 286 g/mol. The highest BCUT2D eigenvalue weighted by Crippen LogP contribution is 2.16. The number of benzene rings is 2. The Balaban J connectivity index is 2.12. The maximum atomic E-state index is 12.1. The molecule has 2 aromatic rings. The van der Waals surface area contributed by atoms with Gasteiger partial charge in [0.15, 0.2) is 0 Å². The molecule has 0 radical (unpaired) electrons. The molecule has 0 aromatic heterocycles. The van der Waals surface area contributed by atoms with Gasteiger partial charge in [0.1, 0.15) is 0 Å². The van der Waals surface area contributed by atoms with Crippen LogP contribution in [-0.2, 0) is 15.8 Å². The van der Waals surface area contributed by atoms with Crippen LogP contribution in [0.5, 0.6) is 0 Å². The van der Waals surface area contributed by atoms with Crippen molar-refractivity contribution in [2.75, 3.05) is 17.1 Å². The van der Waals surface area contributed by atoms with Crippen molar-refractivity contribution in [2.24, 2.45) is 0 Å². The minimum Gasteiger partial charge on any atom is -0.388 e. The van der Waals surface area contributed by atoms with Crippen LogP contribution >= 0.6 is 0 Å². The van der Waals surface area contributed by atoms with E-state index in [2.05, 4.69) is 10.0 Å². The van der Waals surface area contributed by atoms with Crippen molar-refractivity contribution in [3.05, 3.63) is 59.7 Å². The lowest BCUT2D eigenvalue weighted by Gasteiger charge is -2.09. The first-order chi connectivity index (χ1) is 10.0. The van der Waals surface area contributed by atoms with Crippen molar-refractivity contribution in [1.82, 2.24) is 0 Å². The molecule has 0 atom stereocenters. The summed E-state index contributed by atoms with van der Waals surface area (Å²) in [6.45, 7) is 0. The zero-order valence-corrected chi connectivity index (χ0v) is 12.3. The molecule has 0 unspecified atom stereocenters. The van der Waals surface area contributed by atoms with Crippen LogP contribution in [0.2, 0.25) is 0 Å². The van der Waals surface area contributed by atoms with Gasteiger partial charge in [-0.15, -0.1) is 0 Å². The van der Waals surface area contributed by atoms with Gasteiger partial charge in [-0.25, -0.2) is 8.42 Å². The SMILES string of the molecule is CNc1ccc(NS(=O)(=O)Cc2cccc(C#N)c2)cc1. The maximum absolute atomic E-state index is 12.1. The first kappa shape index (κ1) is 14.9. The Hall–Kier alpha value is -2.52. The van der Waals surface area contributed by atoms with Crippen molar-refractivity contribution in [1.29, 1.82) is 5.26 Å². The predicted molar refractivity (Wildman–Crippen MR) is 83.4 cm³/mol. The maximum Gasteiger partial charge on any atom is 0.236 e. The standard InChI is InChI=1S/C15H15N3O2S/c1-17-14-5-7-15(8-6-14)18-21(19,20)11-13-4-2-3-12(9-13)10-16/h2-9,17-18H,11H2,1H3. The van der Waals surface area contributed by atoms with E-state index in [0.29, 0.717) is 16.8 Å². The van der Waals surface area contributed by atoms with Gasteiger partial charge in [-0.1, -0.05) is 12.1 Å². The quantitative estimate of drug-likeness (QED) is 0.889. The molecule has 5 nitrogen and oxygen atoms in total. The van der Waals surface area contributed by atoms with Crippen molar-refractivity contribution >= 4 is 21.4 Å². The highest BCUT2D eigenvalue weighted by Gasteiger charge is 2.12. The van der Waals surface area contributed by atoms with E-state index in [-0.39, 0.29) is 5.75 Å². The second kappa shape index (κ2) is 6.29. The molecule has 0 heterocycles. The van der Waals surface area contributed by atoms with Gasteiger partial charge in [-0.2, -0.15) is 5.26 Å². The van der Waals surface area contributed by atoms with Gasteiger partial charge in [-0.3, -0.25) is 4.72 Å². The highest BCUT2D eigenvalue weighted by atomic mass is 32.2. The minimum atomic E-state index is -3.51. The lowest BCUT2D eigenvalue weighted by molar-refractivity contribution is 0.600. The Kier molecular flexibility index (Phi) is 4.45. The summed E-state index contributed by atoms with van der Waals surface area (Å²) >= 11 is 0. The number of hydrogen-bond donors (Lipinski definition) is 2. The fraction of sp³-hybridized carbons (Fsp3) is 0.133. The lowest BCUT2D eigenvalue weighted by Crippen LogP contribution is -2.15. The van der Waals surface area contributed by atoms with E-state index >= 15 is 0 Å². The molecule has 0 saturated heterocycles. The van der Waals surface area contributed by atoms with Crippen LogP contribution in [-0.4, -0.2) is 15.5 Å². The smallest absolute Gasteiger partial charge is 0.236 e. The average molecular weight is 301 g/mol. The van der Waals surface area contributed by atoms with Gasteiger partial charge in [0.25, 0.3) is 0 Å². The van der Waals surface area contributed by atoms with Gasteiger partial charge in [-0.05, 0) is 42.0 Å².